The zero-order chi connectivity index (χ0) is 9.03. The van der Waals surface area contributed by atoms with E-state index < -0.39 is 0 Å². The van der Waals surface area contributed by atoms with Gasteiger partial charge in [0.2, 0.25) is 0 Å². The van der Waals surface area contributed by atoms with Gasteiger partial charge in [-0.15, -0.1) is 0 Å². The lowest BCUT2D eigenvalue weighted by molar-refractivity contribution is 0.520. The first-order valence-electron chi connectivity index (χ1n) is 4.34. The van der Waals surface area contributed by atoms with Gasteiger partial charge in [0.1, 0.15) is 0 Å². The third-order valence-corrected chi connectivity index (χ3v) is 3.78. The van der Waals surface area contributed by atoms with Gasteiger partial charge in [0, 0.05) is 10.7 Å². The second-order valence-corrected chi connectivity index (χ2v) is 3.97. The molecule has 0 spiro atoms. The topological polar surface area (TPSA) is 0 Å². The molecule has 1 aromatic carbocycles. The first-order valence-corrected chi connectivity index (χ1v) is 5.46. The molecule has 1 rings (SSSR count). The van der Waals surface area contributed by atoms with Gasteiger partial charge in [0.05, 0.1) is 0 Å². The summed E-state index contributed by atoms with van der Waals surface area (Å²) in [7, 11) is 0. The number of benzene rings is 1. The highest BCUT2D eigenvalue weighted by molar-refractivity contribution is 9.09. The molecule has 0 saturated carbocycles. The van der Waals surface area contributed by atoms with Crippen LogP contribution in [-0.4, -0.2) is 5.33 Å². The average Bonchev–Trinajstić information content (AvgIpc) is 2.18. The highest BCUT2D eigenvalue weighted by Gasteiger charge is 2.22. The summed E-state index contributed by atoms with van der Waals surface area (Å²) < 4.78 is 0. The van der Waals surface area contributed by atoms with Gasteiger partial charge in [0.25, 0.3) is 0 Å². The van der Waals surface area contributed by atoms with Crippen LogP contribution in [0.25, 0.3) is 0 Å². The Hall–Kier alpha value is -0.300. The van der Waals surface area contributed by atoms with Gasteiger partial charge in [-0.3, -0.25) is 0 Å². The van der Waals surface area contributed by atoms with E-state index in [0.717, 1.165) is 5.33 Å². The zero-order valence-corrected chi connectivity index (χ0v) is 9.26. The summed E-state index contributed by atoms with van der Waals surface area (Å²) >= 11 is 3.57. The van der Waals surface area contributed by atoms with Crippen molar-refractivity contribution in [2.45, 2.75) is 25.7 Å². The van der Waals surface area contributed by atoms with Crippen LogP contribution < -0.4 is 0 Å². The minimum atomic E-state index is 0.293. The average molecular weight is 227 g/mol. The number of rotatable bonds is 3. The molecule has 0 heterocycles. The van der Waals surface area contributed by atoms with Crippen LogP contribution in [-0.2, 0) is 5.41 Å². The van der Waals surface area contributed by atoms with Crippen molar-refractivity contribution < 1.29 is 0 Å². The molecule has 0 aromatic heterocycles. The molecule has 0 nitrogen and oxygen atoms in total. The molecule has 66 valence electrons. The fourth-order valence-electron chi connectivity index (χ4n) is 1.22. The van der Waals surface area contributed by atoms with Crippen LogP contribution in [0.1, 0.15) is 25.8 Å². The minimum absolute atomic E-state index is 0.293. The molecule has 1 aromatic rings. The van der Waals surface area contributed by atoms with Crippen molar-refractivity contribution in [3.8, 4) is 0 Å². The van der Waals surface area contributed by atoms with Crippen molar-refractivity contribution >= 4 is 15.9 Å². The fourth-order valence-corrected chi connectivity index (χ4v) is 1.94. The number of alkyl halides is 1. The highest BCUT2D eigenvalue weighted by Crippen LogP contribution is 2.28. The lowest BCUT2D eigenvalue weighted by atomic mass is 9.82. The van der Waals surface area contributed by atoms with Crippen molar-refractivity contribution in [1.29, 1.82) is 0 Å². The van der Waals surface area contributed by atoms with Gasteiger partial charge in [-0.1, -0.05) is 60.1 Å². The maximum absolute atomic E-state index is 3.57. The molecule has 12 heavy (non-hydrogen) atoms. The first-order chi connectivity index (χ1) is 5.73. The van der Waals surface area contributed by atoms with E-state index in [9.17, 15) is 0 Å². The van der Waals surface area contributed by atoms with E-state index >= 15 is 0 Å². The largest absolute Gasteiger partial charge is 0.0919 e. The summed E-state index contributed by atoms with van der Waals surface area (Å²) in [4.78, 5) is 0. The normalized spacial score (nSPS) is 15.6. The van der Waals surface area contributed by atoms with Crippen LogP contribution in [0, 0.1) is 0 Å². The van der Waals surface area contributed by atoms with Crippen LogP contribution in [0.15, 0.2) is 30.3 Å². The maximum atomic E-state index is 3.57. The summed E-state index contributed by atoms with van der Waals surface area (Å²) in [6, 6.07) is 10.7. The Balaban J connectivity index is 2.95. The van der Waals surface area contributed by atoms with E-state index in [4.69, 9.17) is 0 Å². The number of hydrogen-bond acceptors (Lipinski definition) is 0. The van der Waals surface area contributed by atoms with E-state index in [1.54, 1.807) is 0 Å². The highest BCUT2D eigenvalue weighted by atomic mass is 79.9. The SMILES string of the molecule is CCC(C)(CBr)c1ccccc1. The van der Waals surface area contributed by atoms with Gasteiger partial charge in [-0.2, -0.15) is 0 Å². The van der Waals surface area contributed by atoms with Crippen molar-refractivity contribution in [3.63, 3.8) is 0 Å². The second kappa shape index (κ2) is 4.08. The molecule has 0 amide bonds. The third kappa shape index (κ3) is 1.89. The predicted octanol–water partition coefficient (Wildman–Crippen LogP) is 3.75. The molecule has 0 radical (unpaired) electrons. The molecule has 0 fully saturated rings. The van der Waals surface area contributed by atoms with Crippen LogP contribution in [0.2, 0.25) is 0 Å². The lowest BCUT2D eigenvalue weighted by Crippen LogP contribution is -2.22. The Labute approximate surface area is 83.1 Å². The van der Waals surface area contributed by atoms with Crippen LogP contribution in [0.3, 0.4) is 0 Å². The maximum Gasteiger partial charge on any atom is 0.0126 e. The number of hydrogen-bond donors (Lipinski definition) is 0. The second-order valence-electron chi connectivity index (χ2n) is 3.41. The van der Waals surface area contributed by atoms with Gasteiger partial charge in [-0.25, -0.2) is 0 Å². The lowest BCUT2D eigenvalue weighted by Gasteiger charge is -2.26. The van der Waals surface area contributed by atoms with E-state index in [2.05, 4.69) is 60.1 Å². The quantitative estimate of drug-likeness (QED) is 0.690. The molecular formula is C11H15Br. The van der Waals surface area contributed by atoms with Crippen LogP contribution in [0.4, 0.5) is 0 Å². The van der Waals surface area contributed by atoms with E-state index in [0.29, 0.717) is 5.41 Å². The Morgan fingerprint density at radius 1 is 1.25 bits per heavy atom. The molecule has 1 atom stereocenters. The smallest absolute Gasteiger partial charge is 0.0126 e. The van der Waals surface area contributed by atoms with Crippen molar-refractivity contribution in [1.82, 2.24) is 0 Å². The fraction of sp³-hybridized carbons (Fsp3) is 0.455. The molecule has 0 aliphatic heterocycles. The Bertz CT molecular complexity index is 224. The summed E-state index contributed by atoms with van der Waals surface area (Å²) in [5, 5.41) is 1.03. The summed E-state index contributed by atoms with van der Waals surface area (Å²) in [6.45, 7) is 4.52. The Morgan fingerprint density at radius 3 is 2.25 bits per heavy atom. The predicted molar refractivity (Wildman–Crippen MR) is 57.9 cm³/mol. The molecule has 1 unspecified atom stereocenters. The van der Waals surface area contributed by atoms with Gasteiger partial charge in [0.15, 0.2) is 0 Å². The van der Waals surface area contributed by atoms with E-state index in [1.165, 1.54) is 12.0 Å². The Kier molecular flexibility index (Phi) is 3.33. The third-order valence-electron chi connectivity index (χ3n) is 2.55. The molecule has 0 aliphatic rings. The van der Waals surface area contributed by atoms with Gasteiger partial charge in [-0.05, 0) is 12.0 Å². The molecule has 0 bridgehead atoms. The summed E-state index contributed by atoms with van der Waals surface area (Å²) in [6.07, 6.45) is 1.17. The number of halogens is 1. The monoisotopic (exact) mass is 226 g/mol. The van der Waals surface area contributed by atoms with Gasteiger partial charge < -0.3 is 0 Å². The summed E-state index contributed by atoms with van der Waals surface area (Å²) in [5.41, 5.74) is 1.71. The zero-order valence-electron chi connectivity index (χ0n) is 7.68. The molecule has 0 N–H and O–H groups in total. The van der Waals surface area contributed by atoms with Gasteiger partial charge >= 0.3 is 0 Å². The van der Waals surface area contributed by atoms with Crippen LogP contribution >= 0.6 is 15.9 Å². The summed E-state index contributed by atoms with van der Waals surface area (Å²) in [5.74, 6) is 0. The standard InChI is InChI=1S/C11H15Br/c1-3-11(2,9-12)10-7-5-4-6-8-10/h4-8H,3,9H2,1-2H3. The van der Waals surface area contributed by atoms with E-state index in [1.807, 2.05) is 0 Å². The molecular weight excluding hydrogens is 212 g/mol. The minimum Gasteiger partial charge on any atom is -0.0919 e. The van der Waals surface area contributed by atoms with E-state index in [-0.39, 0.29) is 0 Å². The molecule has 0 saturated heterocycles. The molecule has 1 heteroatoms. The first kappa shape index (κ1) is 9.79. The van der Waals surface area contributed by atoms with Crippen molar-refractivity contribution in [3.05, 3.63) is 35.9 Å². The van der Waals surface area contributed by atoms with Crippen LogP contribution in [0.5, 0.6) is 0 Å². The van der Waals surface area contributed by atoms with Crippen molar-refractivity contribution in [2.24, 2.45) is 0 Å². The van der Waals surface area contributed by atoms with Crippen molar-refractivity contribution in [2.75, 3.05) is 5.33 Å². The Morgan fingerprint density at radius 2 is 1.83 bits per heavy atom. The molecule has 0 aliphatic carbocycles.